The molecule has 0 aliphatic heterocycles. The highest BCUT2D eigenvalue weighted by atomic mass is 14.4. The molecule has 2 aliphatic rings. The van der Waals surface area contributed by atoms with Crippen LogP contribution in [-0.2, 0) is 10.8 Å². The molecule has 110 heavy (non-hydrogen) atoms. The minimum absolute atomic E-state index is 0.102. The summed E-state index contributed by atoms with van der Waals surface area (Å²) in [5.41, 5.74) is 30.9. The Kier molecular flexibility index (Phi) is 15.1. The number of rotatable bonds is 8. The van der Waals surface area contributed by atoms with Gasteiger partial charge in [-0.15, -0.1) is 0 Å². The zero-order valence-electron chi connectivity index (χ0n) is 62.0. The highest BCUT2D eigenvalue weighted by Gasteiger charge is 2.40. The summed E-state index contributed by atoms with van der Waals surface area (Å²) in [7, 11) is 0. The van der Waals surface area contributed by atoms with Gasteiger partial charge in [0.2, 0.25) is 0 Å². The molecular weight excluding hydrogens is 1320 g/mol. The summed E-state index contributed by atoms with van der Waals surface area (Å²) in [5, 5.41) is 20.5. The quantitative estimate of drug-likeness (QED) is 0.133. The van der Waals surface area contributed by atoms with Crippen molar-refractivity contribution in [2.75, 3.05) is 0 Å². The van der Waals surface area contributed by atoms with E-state index in [1.54, 1.807) is 0 Å². The Balaban J connectivity index is 0.000000140. The summed E-state index contributed by atoms with van der Waals surface area (Å²) in [4.78, 5) is 0. The van der Waals surface area contributed by atoms with E-state index in [4.69, 9.17) is 0 Å². The minimum atomic E-state index is -0.107. The molecule has 20 aromatic rings. The van der Waals surface area contributed by atoms with Gasteiger partial charge in [-0.2, -0.15) is 0 Å². The predicted molar refractivity (Wildman–Crippen MR) is 472 cm³/mol. The van der Waals surface area contributed by atoms with Crippen molar-refractivity contribution < 1.29 is 0 Å². The summed E-state index contributed by atoms with van der Waals surface area (Å²) in [6.07, 6.45) is 0. The molecule has 0 amide bonds. The molecule has 0 saturated heterocycles. The number of benzene rings is 20. The van der Waals surface area contributed by atoms with Gasteiger partial charge >= 0.3 is 0 Å². The van der Waals surface area contributed by atoms with E-state index in [0.717, 1.165) is 0 Å². The number of fused-ring (bicyclic) bond motifs is 16. The maximum Gasteiger partial charge on any atom is 0.0165 e. The minimum Gasteiger partial charge on any atom is -0.0616 e. The Morgan fingerprint density at radius 3 is 0.882 bits per heavy atom. The van der Waals surface area contributed by atoms with Crippen LogP contribution in [0.25, 0.3) is 197 Å². The van der Waals surface area contributed by atoms with Crippen molar-refractivity contribution in [2.45, 2.75) is 38.5 Å². The van der Waals surface area contributed by atoms with Gasteiger partial charge in [0.15, 0.2) is 0 Å². The van der Waals surface area contributed by atoms with E-state index in [1.165, 1.54) is 220 Å². The lowest BCUT2D eigenvalue weighted by Crippen LogP contribution is -2.15. The molecule has 0 atom stereocenters. The van der Waals surface area contributed by atoms with Gasteiger partial charge < -0.3 is 0 Å². The number of hydrogen-bond acceptors (Lipinski definition) is 0. The Bertz CT molecular complexity index is 7080. The van der Waals surface area contributed by atoms with Crippen molar-refractivity contribution in [1.82, 2.24) is 0 Å². The maximum atomic E-state index is 2.43. The summed E-state index contributed by atoms with van der Waals surface area (Å²) in [5.74, 6) is 0. The van der Waals surface area contributed by atoms with Gasteiger partial charge in [0, 0.05) is 10.8 Å². The Hall–Kier alpha value is -13.5. The lowest BCUT2D eigenvalue weighted by atomic mass is 9.80. The van der Waals surface area contributed by atoms with E-state index in [2.05, 4.69) is 416 Å². The molecule has 0 spiro atoms. The van der Waals surface area contributed by atoms with Gasteiger partial charge in [-0.3, -0.25) is 0 Å². The monoisotopic (exact) mass is 1400 g/mol. The first-order chi connectivity index (χ1) is 54.1. The van der Waals surface area contributed by atoms with Crippen LogP contribution < -0.4 is 0 Å². The van der Waals surface area contributed by atoms with Gasteiger partial charge in [0.05, 0.1) is 0 Å². The molecule has 0 heteroatoms. The molecule has 0 saturated carbocycles. The molecule has 22 rings (SSSR count). The molecule has 0 fully saturated rings. The van der Waals surface area contributed by atoms with Crippen molar-refractivity contribution in [3.63, 3.8) is 0 Å². The van der Waals surface area contributed by atoms with Gasteiger partial charge in [-0.1, -0.05) is 392 Å². The SMILES string of the molecule is CC1(C)c2cccc(-c3cccc(-c4c5ccccc5c(-c5ccc(-c6ccc7ccccc7c6)cc5)c5ccccc45)c3)c2-c2ccc3ccccc3c21.CC1(C)c2cccc(-c3cccc(-c4c5ccccc5c(-c5ccccc5-c5ccc6ccccc6c5)c5ccccc45)c3)c2-c2ccc3ccccc3c21. The summed E-state index contributed by atoms with van der Waals surface area (Å²) in [6, 6.07) is 144. The van der Waals surface area contributed by atoms with Crippen LogP contribution in [0.15, 0.2) is 388 Å². The van der Waals surface area contributed by atoms with E-state index >= 15 is 0 Å². The molecule has 2 aliphatic carbocycles. The summed E-state index contributed by atoms with van der Waals surface area (Å²) >= 11 is 0. The predicted octanol–water partition coefficient (Wildman–Crippen LogP) is 30.5. The summed E-state index contributed by atoms with van der Waals surface area (Å²) in [6.45, 7) is 9.56. The van der Waals surface area contributed by atoms with Crippen molar-refractivity contribution in [3.8, 4) is 111 Å². The fourth-order valence-electron chi connectivity index (χ4n) is 19.5. The van der Waals surface area contributed by atoms with E-state index in [9.17, 15) is 0 Å². The van der Waals surface area contributed by atoms with Crippen LogP contribution in [0.3, 0.4) is 0 Å². The van der Waals surface area contributed by atoms with Crippen LogP contribution in [0, 0.1) is 0 Å². The fraction of sp³-hybridized carbons (Fsp3) is 0.0545. The molecule has 0 N–H and O–H groups in total. The third-order valence-corrected chi connectivity index (χ3v) is 24.4. The van der Waals surface area contributed by atoms with Crippen molar-refractivity contribution in [2.24, 2.45) is 0 Å². The molecule has 0 aromatic heterocycles. The normalized spacial score (nSPS) is 13.1. The zero-order valence-corrected chi connectivity index (χ0v) is 62.0. The first-order valence-electron chi connectivity index (χ1n) is 38.7. The Morgan fingerprint density at radius 2 is 0.436 bits per heavy atom. The van der Waals surface area contributed by atoms with E-state index in [-0.39, 0.29) is 10.8 Å². The average Bonchev–Trinajstić information content (AvgIpc) is 1.59. The average molecular weight is 1400 g/mol. The highest BCUT2D eigenvalue weighted by molar-refractivity contribution is 6.24. The standard InChI is InChI=1S/2C55H38/c1-55(2)50-24-12-23-43(53(50)49-32-31-37-14-5-6-18-44(37)54(49)55)41-16-11-17-42(34-41)52-47-21-9-7-19-45(47)51(46-20-8-10-22-48(46)52)38-28-25-36(26-29-38)40-30-27-35-13-3-4-15-39(35)33-40;1-55(2)50-28-14-27-42(53(50)49-32-31-36-16-5-6-21-43(36)54(49)55)38-18-13-19-40(34-38)51-45-23-9-11-25-47(45)52(48-26-12-10-24-46(48)51)44-22-8-7-20-41(44)39-30-29-35-15-3-4-17-37(35)33-39/h2*3-34H,1-2H3. The first kappa shape index (κ1) is 64.8. The third kappa shape index (κ3) is 10.3. The van der Waals surface area contributed by atoms with Crippen molar-refractivity contribution in [3.05, 3.63) is 411 Å². The topological polar surface area (TPSA) is 0 Å². The lowest BCUT2D eigenvalue weighted by Gasteiger charge is -2.23. The molecular formula is C110H76. The highest BCUT2D eigenvalue weighted by Crippen LogP contribution is 2.58. The van der Waals surface area contributed by atoms with Gasteiger partial charge in [-0.05, 0) is 244 Å². The molecule has 0 nitrogen and oxygen atoms in total. The Labute approximate surface area is 642 Å². The van der Waals surface area contributed by atoms with Gasteiger partial charge in [0.1, 0.15) is 0 Å². The van der Waals surface area contributed by atoms with E-state index in [0.29, 0.717) is 0 Å². The van der Waals surface area contributed by atoms with Crippen molar-refractivity contribution in [1.29, 1.82) is 0 Å². The van der Waals surface area contributed by atoms with Gasteiger partial charge in [0.25, 0.3) is 0 Å². The lowest BCUT2D eigenvalue weighted by molar-refractivity contribution is 0.666. The molecule has 20 aromatic carbocycles. The maximum absolute atomic E-state index is 2.43. The molecule has 0 bridgehead atoms. The van der Waals surface area contributed by atoms with Crippen molar-refractivity contribution >= 4 is 86.2 Å². The Morgan fingerprint density at radius 1 is 0.145 bits per heavy atom. The van der Waals surface area contributed by atoms with Crippen LogP contribution in [0.2, 0.25) is 0 Å². The van der Waals surface area contributed by atoms with Crippen LogP contribution in [-0.4, -0.2) is 0 Å². The van der Waals surface area contributed by atoms with E-state index in [1.807, 2.05) is 0 Å². The van der Waals surface area contributed by atoms with Gasteiger partial charge in [-0.25, -0.2) is 0 Å². The van der Waals surface area contributed by atoms with E-state index < -0.39 is 0 Å². The second-order valence-electron chi connectivity index (χ2n) is 31.2. The molecule has 0 radical (unpaired) electrons. The zero-order chi connectivity index (χ0) is 73.3. The largest absolute Gasteiger partial charge is 0.0616 e. The third-order valence-electron chi connectivity index (χ3n) is 24.4. The number of hydrogen-bond donors (Lipinski definition) is 0. The van der Waals surface area contributed by atoms with Crippen LogP contribution >= 0.6 is 0 Å². The molecule has 0 heterocycles. The van der Waals surface area contributed by atoms with Crippen LogP contribution in [0.1, 0.15) is 49.9 Å². The second-order valence-corrected chi connectivity index (χ2v) is 31.2. The first-order valence-corrected chi connectivity index (χ1v) is 38.7. The fourth-order valence-corrected chi connectivity index (χ4v) is 19.5. The second kappa shape index (κ2) is 25.6. The molecule has 0 unspecified atom stereocenters. The van der Waals surface area contributed by atoms with Crippen LogP contribution in [0.4, 0.5) is 0 Å². The smallest absolute Gasteiger partial charge is 0.0165 e. The molecule has 516 valence electrons. The van der Waals surface area contributed by atoms with Crippen LogP contribution in [0.5, 0.6) is 0 Å². The summed E-state index contributed by atoms with van der Waals surface area (Å²) < 4.78 is 0.